The zero-order valence-electron chi connectivity index (χ0n) is 11.3. The smallest absolute Gasteiger partial charge is 0.261 e. The molecular formula is C16H14F2N2O. The normalized spacial score (nSPS) is 13.9. The standard InChI is InChI=1S/C16H14F2N2O/c17-11-8-12(15(18)13(19)9-11)16(21)20-7-3-5-10-4-1-2-6-14(10)20/h1-2,4,6,8-9H,3,5,7,19H2. The fraction of sp³-hybridized carbons (Fsp3) is 0.188. The Bertz CT molecular complexity index is 715. The first-order chi connectivity index (χ1) is 10.1. The average molecular weight is 288 g/mol. The number of carbonyl (C=O) groups is 1. The number of aryl methyl sites for hydroxylation is 1. The van der Waals surface area contributed by atoms with E-state index in [1.807, 2.05) is 24.3 Å². The Hall–Kier alpha value is -2.43. The molecule has 0 saturated carbocycles. The highest BCUT2D eigenvalue weighted by Crippen LogP contribution is 2.29. The minimum Gasteiger partial charge on any atom is -0.396 e. The predicted octanol–water partition coefficient (Wildman–Crippen LogP) is 3.14. The molecule has 2 aromatic carbocycles. The first-order valence-corrected chi connectivity index (χ1v) is 6.72. The van der Waals surface area contributed by atoms with Gasteiger partial charge in [-0.2, -0.15) is 0 Å². The number of nitrogen functional groups attached to an aromatic ring is 1. The second-order valence-electron chi connectivity index (χ2n) is 5.05. The fourth-order valence-electron chi connectivity index (χ4n) is 2.66. The van der Waals surface area contributed by atoms with Crippen LogP contribution in [0.1, 0.15) is 22.3 Å². The number of rotatable bonds is 1. The molecule has 0 atom stereocenters. The predicted molar refractivity (Wildman–Crippen MR) is 77.2 cm³/mol. The number of fused-ring (bicyclic) bond motifs is 1. The summed E-state index contributed by atoms with van der Waals surface area (Å²) >= 11 is 0. The molecule has 108 valence electrons. The maximum atomic E-state index is 14.0. The third-order valence-electron chi connectivity index (χ3n) is 3.65. The van der Waals surface area contributed by atoms with Crippen LogP contribution in [-0.2, 0) is 6.42 Å². The number of amides is 1. The lowest BCUT2D eigenvalue weighted by Gasteiger charge is -2.29. The molecule has 0 saturated heterocycles. The summed E-state index contributed by atoms with van der Waals surface area (Å²) < 4.78 is 27.4. The van der Waals surface area contributed by atoms with Crippen LogP contribution in [0.2, 0.25) is 0 Å². The van der Waals surface area contributed by atoms with Gasteiger partial charge in [-0.25, -0.2) is 8.78 Å². The topological polar surface area (TPSA) is 46.3 Å². The van der Waals surface area contributed by atoms with E-state index in [0.29, 0.717) is 6.54 Å². The third kappa shape index (κ3) is 2.35. The van der Waals surface area contributed by atoms with Crippen molar-refractivity contribution in [3.8, 4) is 0 Å². The molecular weight excluding hydrogens is 274 g/mol. The van der Waals surface area contributed by atoms with E-state index in [4.69, 9.17) is 5.73 Å². The van der Waals surface area contributed by atoms with Gasteiger partial charge >= 0.3 is 0 Å². The molecule has 5 heteroatoms. The zero-order valence-corrected chi connectivity index (χ0v) is 11.3. The molecule has 2 N–H and O–H groups in total. The van der Waals surface area contributed by atoms with Crippen LogP contribution in [0.4, 0.5) is 20.2 Å². The van der Waals surface area contributed by atoms with Gasteiger partial charge in [0.1, 0.15) is 5.82 Å². The van der Waals surface area contributed by atoms with Crippen molar-refractivity contribution >= 4 is 17.3 Å². The van der Waals surface area contributed by atoms with Gasteiger partial charge in [-0.05, 0) is 36.6 Å². The molecule has 0 unspecified atom stereocenters. The van der Waals surface area contributed by atoms with Crippen LogP contribution in [-0.4, -0.2) is 12.5 Å². The van der Waals surface area contributed by atoms with E-state index in [1.54, 1.807) is 0 Å². The van der Waals surface area contributed by atoms with E-state index in [2.05, 4.69) is 0 Å². The van der Waals surface area contributed by atoms with Crippen LogP contribution in [0.5, 0.6) is 0 Å². The van der Waals surface area contributed by atoms with Gasteiger partial charge in [0.2, 0.25) is 0 Å². The molecule has 1 aliphatic heterocycles. The number of nitrogens with two attached hydrogens (primary N) is 1. The van der Waals surface area contributed by atoms with Crippen LogP contribution < -0.4 is 10.6 Å². The number of hydrogen-bond donors (Lipinski definition) is 1. The van der Waals surface area contributed by atoms with E-state index in [0.717, 1.165) is 36.2 Å². The molecule has 0 spiro atoms. The molecule has 0 bridgehead atoms. The molecule has 0 aromatic heterocycles. The van der Waals surface area contributed by atoms with Crippen LogP contribution in [0.25, 0.3) is 0 Å². The van der Waals surface area contributed by atoms with Crippen molar-refractivity contribution in [2.45, 2.75) is 12.8 Å². The Morgan fingerprint density at radius 1 is 1.19 bits per heavy atom. The monoisotopic (exact) mass is 288 g/mol. The maximum Gasteiger partial charge on any atom is 0.261 e. The number of hydrogen-bond acceptors (Lipinski definition) is 2. The largest absolute Gasteiger partial charge is 0.396 e. The molecule has 1 heterocycles. The Balaban J connectivity index is 2.05. The first-order valence-electron chi connectivity index (χ1n) is 6.72. The van der Waals surface area contributed by atoms with Gasteiger partial charge in [-0.1, -0.05) is 18.2 Å². The van der Waals surface area contributed by atoms with E-state index in [-0.39, 0.29) is 11.3 Å². The summed E-state index contributed by atoms with van der Waals surface area (Å²) in [5, 5.41) is 0. The lowest BCUT2D eigenvalue weighted by atomic mass is 10.0. The molecule has 1 amide bonds. The molecule has 1 aliphatic rings. The summed E-state index contributed by atoms with van der Waals surface area (Å²) in [5.74, 6) is -2.15. The highest BCUT2D eigenvalue weighted by Gasteiger charge is 2.26. The van der Waals surface area contributed by atoms with Gasteiger partial charge in [-0.3, -0.25) is 4.79 Å². The van der Waals surface area contributed by atoms with Crippen LogP contribution >= 0.6 is 0 Å². The molecule has 0 fully saturated rings. The number of para-hydroxylation sites is 1. The Labute approximate surface area is 121 Å². The van der Waals surface area contributed by atoms with Gasteiger partial charge in [0.25, 0.3) is 5.91 Å². The van der Waals surface area contributed by atoms with E-state index < -0.39 is 17.5 Å². The van der Waals surface area contributed by atoms with Crippen molar-refractivity contribution in [1.82, 2.24) is 0 Å². The Morgan fingerprint density at radius 2 is 1.95 bits per heavy atom. The SMILES string of the molecule is Nc1cc(F)cc(C(=O)N2CCCc3ccccc32)c1F. The quantitative estimate of drug-likeness (QED) is 0.819. The number of carbonyl (C=O) groups excluding carboxylic acids is 1. The van der Waals surface area contributed by atoms with E-state index >= 15 is 0 Å². The van der Waals surface area contributed by atoms with Gasteiger partial charge in [0.15, 0.2) is 5.82 Å². The maximum absolute atomic E-state index is 14.0. The number of anilines is 2. The summed E-state index contributed by atoms with van der Waals surface area (Å²) in [4.78, 5) is 14.0. The fourth-order valence-corrected chi connectivity index (χ4v) is 2.66. The van der Waals surface area contributed by atoms with Gasteiger partial charge in [0.05, 0.1) is 11.3 Å². The van der Waals surface area contributed by atoms with Crippen LogP contribution in [0.3, 0.4) is 0 Å². The highest BCUT2D eigenvalue weighted by molar-refractivity contribution is 6.07. The van der Waals surface area contributed by atoms with Crippen molar-refractivity contribution < 1.29 is 13.6 Å². The molecule has 2 aromatic rings. The zero-order chi connectivity index (χ0) is 15.0. The van der Waals surface area contributed by atoms with Crippen molar-refractivity contribution in [3.05, 3.63) is 59.2 Å². The number of halogens is 2. The summed E-state index contributed by atoms with van der Waals surface area (Å²) in [6.07, 6.45) is 1.66. The Kier molecular flexibility index (Phi) is 3.33. The minimum atomic E-state index is -0.871. The molecule has 3 nitrogen and oxygen atoms in total. The van der Waals surface area contributed by atoms with Crippen LogP contribution in [0.15, 0.2) is 36.4 Å². The molecule has 3 rings (SSSR count). The van der Waals surface area contributed by atoms with Crippen LogP contribution in [0, 0.1) is 11.6 Å². The number of benzene rings is 2. The van der Waals surface area contributed by atoms with Gasteiger partial charge in [0, 0.05) is 12.2 Å². The van der Waals surface area contributed by atoms with Crippen molar-refractivity contribution in [3.63, 3.8) is 0 Å². The van der Waals surface area contributed by atoms with Crippen molar-refractivity contribution in [1.29, 1.82) is 0 Å². The van der Waals surface area contributed by atoms with Crippen molar-refractivity contribution in [2.24, 2.45) is 0 Å². The molecule has 0 aliphatic carbocycles. The highest BCUT2D eigenvalue weighted by atomic mass is 19.1. The lowest BCUT2D eigenvalue weighted by Crippen LogP contribution is -2.36. The number of nitrogens with zero attached hydrogens (tertiary/aromatic N) is 1. The van der Waals surface area contributed by atoms with Gasteiger partial charge in [-0.15, -0.1) is 0 Å². The second-order valence-corrected chi connectivity index (χ2v) is 5.05. The first kappa shape index (κ1) is 13.5. The minimum absolute atomic E-state index is 0.329. The molecule has 0 radical (unpaired) electrons. The van der Waals surface area contributed by atoms with Gasteiger partial charge < -0.3 is 10.6 Å². The summed E-state index contributed by atoms with van der Waals surface area (Å²) in [5.41, 5.74) is 6.49. The molecule has 21 heavy (non-hydrogen) atoms. The Morgan fingerprint density at radius 3 is 2.76 bits per heavy atom. The summed E-state index contributed by atoms with van der Waals surface area (Å²) in [6.45, 7) is 0.478. The third-order valence-corrected chi connectivity index (χ3v) is 3.65. The summed E-state index contributed by atoms with van der Waals surface area (Å²) in [6, 6.07) is 9.23. The van der Waals surface area contributed by atoms with Crippen molar-refractivity contribution in [2.75, 3.05) is 17.2 Å². The summed E-state index contributed by atoms with van der Waals surface area (Å²) in [7, 11) is 0. The second kappa shape index (κ2) is 5.16. The lowest BCUT2D eigenvalue weighted by molar-refractivity contribution is 0.0981. The van der Waals surface area contributed by atoms with E-state index in [1.165, 1.54) is 4.90 Å². The van der Waals surface area contributed by atoms with E-state index in [9.17, 15) is 13.6 Å². The average Bonchev–Trinajstić information content (AvgIpc) is 2.49.